The van der Waals surface area contributed by atoms with Crippen LogP contribution in [-0.2, 0) is 0 Å². The van der Waals surface area contributed by atoms with Crippen molar-refractivity contribution in [3.63, 3.8) is 0 Å². The van der Waals surface area contributed by atoms with Crippen LogP contribution in [0, 0.1) is 0 Å². The second kappa shape index (κ2) is 3.71. The SMILES string of the molecule is O.[AsH2]c1ccccc1. The van der Waals surface area contributed by atoms with Gasteiger partial charge in [-0.05, 0) is 0 Å². The van der Waals surface area contributed by atoms with Crippen LogP contribution in [-0.4, -0.2) is 22.3 Å². The summed E-state index contributed by atoms with van der Waals surface area (Å²) in [6, 6.07) is 10.4. The Bertz CT molecular complexity index is 138. The van der Waals surface area contributed by atoms with Gasteiger partial charge in [0.2, 0.25) is 0 Å². The van der Waals surface area contributed by atoms with Gasteiger partial charge in [-0.25, -0.2) is 0 Å². The van der Waals surface area contributed by atoms with Gasteiger partial charge in [0, 0.05) is 0 Å². The Morgan fingerprint density at radius 1 is 1.00 bits per heavy atom. The maximum absolute atomic E-state index is 2.11. The summed E-state index contributed by atoms with van der Waals surface area (Å²) >= 11 is 1.67. The van der Waals surface area contributed by atoms with E-state index in [9.17, 15) is 0 Å². The van der Waals surface area contributed by atoms with Crippen LogP contribution in [0.1, 0.15) is 0 Å². The van der Waals surface area contributed by atoms with Crippen LogP contribution in [0.25, 0.3) is 0 Å². The van der Waals surface area contributed by atoms with Crippen LogP contribution in [0.15, 0.2) is 30.3 Å². The summed E-state index contributed by atoms with van der Waals surface area (Å²) in [6.07, 6.45) is 0. The van der Waals surface area contributed by atoms with E-state index in [-0.39, 0.29) is 5.48 Å². The fraction of sp³-hybridized carbons (Fsp3) is 0. The zero-order valence-electron chi connectivity index (χ0n) is 4.46. The summed E-state index contributed by atoms with van der Waals surface area (Å²) in [7, 11) is 0. The molecule has 0 heterocycles. The molecular formula is C6H9AsO. The second-order valence-electron chi connectivity index (χ2n) is 1.41. The molecule has 0 aromatic heterocycles. The third kappa shape index (κ3) is 2.15. The van der Waals surface area contributed by atoms with Gasteiger partial charge in [-0.3, -0.25) is 0 Å². The first-order chi connectivity index (χ1) is 3.39. The Balaban J connectivity index is 0.000000490. The second-order valence-corrected chi connectivity index (χ2v) is 2.81. The van der Waals surface area contributed by atoms with Gasteiger partial charge < -0.3 is 5.48 Å². The molecule has 0 aliphatic rings. The first kappa shape index (κ1) is 7.74. The van der Waals surface area contributed by atoms with Crippen molar-refractivity contribution in [1.29, 1.82) is 0 Å². The number of hydrogen-bond acceptors (Lipinski definition) is 0. The average Bonchev–Trinajstić information content (AvgIpc) is 1.69. The Morgan fingerprint density at radius 3 is 1.75 bits per heavy atom. The number of benzene rings is 1. The number of rotatable bonds is 0. The molecule has 1 aromatic rings. The predicted octanol–water partition coefficient (Wildman–Crippen LogP) is -0.880. The van der Waals surface area contributed by atoms with Gasteiger partial charge in [0.25, 0.3) is 0 Å². The van der Waals surface area contributed by atoms with Crippen LogP contribution in [0.2, 0.25) is 0 Å². The van der Waals surface area contributed by atoms with Crippen molar-refractivity contribution in [3.05, 3.63) is 30.3 Å². The molecule has 2 N–H and O–H groups in total. The fourth-order valence-corrected chi connectivity index (χ4v) is 0.919. The summed E-state index contributed by atoms with van der Waals surface area (Å²) in [5.41, 5.74) is 0. The van der Waals surface area contributed by atoms with E-state index in [2.05, 4.69) is 24.3 Å². The molecule has 0 bridgehead atoms. The summed E-state index contributed by atoms with van der Waals surface area (Å²) in [5.74, 6) is 0. The average molecular weight is 172 g/mol. The van der Waals surface area contributed by atoms with Gasteiger partial charge in [0.05, 0.1) is 0 Å². The number of hydrogen-bond donors (Lipinski definition) is 0. The molecule has 1 atom stereocenters. The van der Waals surface area contributed by atoms with Gasteiger partial charge in [-0.2, -0.15) is 0 Å². The fourth-order valence-electron chi connectivity index (χ4n) is 0.453. The first-order valence-electron chi connectivity index (χ1n) is 2.20. The minimum absolute atomic E-state index is 0. The first-order valence-corrected chi connectivity index (χ1v) is 3.41. The Hall–Kier alpha value is -0.262. The molecule has 0 spiro atoms. The van der Waals surface area contributed by atoms with Gasteiger partial charge in [0.1, 0.15) is 0 Å². The van der Waals surface area contributed by atoms with E-state index >= 15 is 0 Å². The van der Waals surface area contributed by atoms with E-state index in [1.165, 1.54) is 4.35 Å². The Labute approximate surface area is 57.5 Å². The molecule has 1 nitrogen and oxygen atoms in total. The molecule has 0 aliphatic carbocycles. The van der Waals surface area contributed by atoms with E-state index in [1.54, 1.807) is 16.9 Å². The van der Waals surface area contributed by atoms with E-state index in [0.29, 0.717) is 0 Å². The summed E-state index contributed by atoms with van der Waals surface area (Å²) in [5, 5.41) is 0. The molecule has 0 saturated heterocycles. The van der Waals surface area contributed by atoms with Gasteiger partial charge in [-0.1, -0.05) is 0 Å². The monoisotopic (exact) mass is 172 g/mol. The van der Waals surface area contributed by atoms with Crippen LogP contribution in [0.5, 0.6) is 0 Å². The van der Waals surface area contributed by atoms with Crippen molar-refractivity contribution in [1.82, 2.24) is 0 Å². The van der Waals surface area contributed by atoms with Crippen LogP contribution in [0.3, 0.4) is 0 Å². The van der Waals surface area contributed by atoms with E-state index in [4.69, 9.17) is 0 Å². The molecule has 44 valence electrons. The molecule has 1 aromatic carbocycles. The van der Waals surface area contributed by atoms with Crippen molar-refractivity contribution >= 4 is 21.2 Å². The third-order valence-electron chi connectivity index (χ3n) is 0.800. The van der Waals surface area contributed by atoms with Crippen molar-refractivity contribution in [2.75, 3.05) is 0 Å². The molecule has 0 radical (unpaired) electrons. The Kier molecular flexibility index (Phi) is 3.58. The van der Waals surface area contributed by atoms with Crippen molar-refractivity contribution in [2.24, 2.45) is 0 Å². The molecule has 0 amide bonds. The zero-order chi connectivity index (χ0) is 5.11. The van der Waals surface area contributed by atoms with Crippen molar-refractivity contribution < 1.29 is 5.48 Å². The maximum atomic E-state index is 2.11. The molecule has 0 aliphatic heterocycles. The summed E-state index contributed by atoms with van der Waals surface area (Å²) in [6.45, 7) is 0. The predicted molar refractivity (Wildman–Crippen MR) is 38.2 cm³/mol. The van der Waals surface area contributed by atoms with Gasteiger partial charge >= 0.3 is 51.5 Å². The van der Waals surface area contributed by atoms with Crippen molar-refractivity contribution in [2.45, 2.75) is 0 Å². The standard InChI is InChI=1S/C6H7As.H2O/c7-6-4-2-1-3-5-6;/h1-5H,7H2;1H2. The van der Waals surface area contributed by atoms with Crippen LogP contribution >= 0.6 is 0 Å². The minimum atomic E-state index is 0. The quantitative estimate of drug-likeness (QED) is 0.455. The molecule has 1 unspecified atom stereocenters. The third-order valence-corrected chi connectivity index (χ3v) is 1.61. The van der Waals surface area contributed by atoms with Gasteiger partial charge in [-0.15, -0.1) is 0 Å². The van der Waals surface area contributed by atoms with E-state index in [1.807, 2.05) is 6.07 Å². The van der Waals surface area contributed by atoms with E-state index < -0.39 is 0 Å². The van der Waals surface area contributed by atoms with Crippen LogP contribution < -0.4 is 4.35 Å². The van der Waals surface area contributed by atoms with Crippen LogP contribution in [0.4, 0.5) is 0 Å². The van der Waals surface area contributed by atoms with Gasteiger partial charge in [0.15, 0.2) is 0 Å². The molecule has 0 saturated carbocycles. The van der Waals surface area contributed by atoms with Crippen molar-refractivity contribution in [3.8, 4) is 0 Å². The molecular weight excluding hydrogens is 163 g/mol. The zero-order valence-corrected chi connectivity index (χ0v) is 6.89. The molecule has 0 fully saturated rings. The normalized spacial score (nSPS) is 7.62. The molecule has 2 heteroatoms. The summed E-state index contributed by atoms with van der Waals surface area (Å²) < 4.78 is 1.38. The summed E-state index contributed by atoms with van der Waals surface area (Å²) in [4.78, 5) is 0. The molecule has 1 rings (SSSR count). The molecule has 8 heavy (non-hydrogen) atoms. The van der Waals surface area contributed by atoms with E-state index in [0.717, 1.165) is 0 Å². The topological polar surface area (TPSA) is 31.5 Å². The Morgan fingerprint density at radius 2 is 1.50 bits per heavy atom.